The predicted octanol–water partition coefficient (Wildman–Crippen LogP) is -0.0164. The molecule has 6 heteroatoms. The molecule has 0 aromatic heterocycles. The monoisotopic (exact) mass is 262 g/mol. The minimum absolute atomic E-state index is 0.113. The highest BCUT2D eigenvalue weighted by Gasteiger charge is 2.36. The molecule has 0 bridgehead atoms. The molecule has 1 rings (SSSR count). The Hall–Kier alpha value is -0.590. The molecular weight excluding hydrogens is 244 g/mol. The van der Waals surface area contributed by atoms with Gasteiger partial charge < -0.3 is 14.9 Å². The number of thioether (sulfide) groups is 1. The quantitative estimate of drug-likeness (QED) is 0.655. The van der Waals surface area contributed by atoms with E-state index in [0.717, 1.165) is 0 Å². The molecule has 1 fully saturated rings. The van der Waals surface area contributed by atoms with Crippen LogP contribution in [-0.2, 0) is 14.3 Å². The van der Waals surface area contributed by atoms with Crippen LogP contribution in [0.3, 0.4) is 0 Å². The van der Waals surface area contributed by atoms with Gasteiger partial charge in [-0.25, -0.2) is 0 Å². The summed E-state index contributed by atoms with van der Waals surface area (Å²) in [4.78, 5) is 22.5. The molecule has 1 saturated carbocycles. The van der Waals surface area contributed by atoms with Crippen LogP contribution in [0.5, 0.6) is 0 Å². The van der Waals surface area contributed by atoms with E-state index in [4.69, 9.17) is 14.9 Å². The maximum absolute atomic E-state index is 11.6. The molecule has 3 atom stereocenters. The van der Waals surface area contributed by atoms with Crippen LogP contribution in [0.25, 0.3) is 0 Å². The molecule has 0 radical (unpaired) electrons. The molecule has 0 heterocycles. The molecule has 2 N–H and O–H groups in total. The summed E-state index contributed by atoms with van der Waals surface area (Å²) in [5, 5.41) is 17.8. The Morgan fingerprint density at radius 2 is 2.35 bits per heavy atom. The normalized spacial score (nSPS) is 25.9. The van der Waals surface area contributed by atoms with Crippen LogP contribution in [-0.4, -0.2) is 52.3 Å². The van der Waals surface area contributed by atoms with Gasteiger partial charge in [-0.1, -0.05) is 0 Å². The Bertz CT molecular complexity index is 281. The van der Waals surface area contributed by atoms with Crippen molar-refractivity contribution in [2.24, 2.45) is 5.92 Å². The summed E-state index contributed by atoms with van der Waals surface area (Å²) in [5.74, 6) is 0.383. The largest absolute Gasteiger partial charge is 0.462 e. The van der Waals surface area contributed by atoms with Gasteiger partial charge in [-0.05, 0) is 6.42 Å². The Morgan fingerprint density at radius 3 is 2.94 bits per heavy atom. The summed E-state index contributed by atoms with van der Waals surface area (Å²) in [6.07, 6.45) is -0.0415. The first-order chi connectivity index (χ1) is 8.04. The van der Waals surface area contributed by atoms with Crippen LogP contribution in [0, 0.1) is 5.92 Å². The topological polar surface area (TPSA) is 83.8 Å². The van der Waals surface area contributed by atoms with Gasteiger partial charge in [0, 0.05) is 24.9 Å². The fourth-order valence-electron chi connectivity index (χ4n) is 1.82. The first-order valence-electron chi connectivity index (χ1n) is 5.61. The highest BCUT2D eigenvalue weighted by molar-refractivity contribution is 7.99. The highest BCUT2D eigenvalue weighted by atomic mass is 32.2. The number of aliphatic hydroxyl groups excluding tert-OH is 2. The van der Waals surface area contributed by atoms with Gasteiger partial charge >= 0.3 is 5.97 Å². The van der Waals surface area contributed by atoms with E-state index in [0.29, 0.717) is 24.3 Å². The fourth-order valence-corrected chi connectivity index (χ4v) is 2.98. The van der Waals surface area contributed by atoms with Gasteiger partial charge in [-0.15, -0.1) is 0 Å². The van der Waals surface area contributed by atoms with Crippen LogP contribution >= 0.6 is 11.8 Å². The number of ether oxygens (including phenoxy) is 1. The van der Waals surface area contributed by atoms with Crippen molar-refractivity contribution < 1.29 is 24.5 Å². The SMILES string of the molecule is CC(=O)OC1CCC(=O)C1CSCC(O)CO. The zero-order chi connectivity index (χ0) is 12.8. The molecule has 0 spiro atoms. The number of esters is 1. The van der Waals surface area contributed by atoms with Gasteiger partial charge in [0.05, 0.1) is 18.6 Å². The van der Waals surface area contributed by atoms with Gasteiger partial charge in [0.2, 0.25) is 0 Å². The molecular formula is C11H18O5S. The first kappa shape index (κ1) is 14.5. The molecule has 3 unspecified atom stereocenters. The average Bonchev–Trinajstić information content (AvgIpc) is 2.60. The lowest BCUT2D eigenvalue weighted by Gasteiger charge is -2.18. The van der Waals surface area contributed by atoms with Gasteiger partial charge in [0.25, 0.3) is 0 Å². The lowest BCUT2D eigenvalue weighted by atomic mass is 10.1. The van der Waals surface area contributed by atoms with E-state index in [1.54, 1.807) is 0 Å². The third kappa shape index (κ3) is 4.65. The maximum atomic E-state index is 11.6. The summed E-state index contributed by atoms with van der Waals surface area (Å²) in [7, 11) is 0. The van der Waals surface area contributed by atoms with Crippen molar-refractivity contribution in [3.63, 3.8) is 0 Å². The van der Waals surface area contributed by atoms with Crippen LogP contribution in [0.2, 0.25) is 0 Å². The van der Waals surface area contributed by atoms with Crippen molar-refractivity contribution in [1.82, 2.24) is 0 Å². The second-order valence-electron chi connectivity index (χ2n) is 4.13. The van der Waals surface area contributed by atoms with Gasteiger partial charge in [0.15, 0.2) is 0 Å². The lowest BCUT2D eigenvalue weighted by molar-refractivity contribution is -0.148. The zero-order valence-corrected chi connectivity index (χ0v) is 10.6. The van der Waals surface area contributed by atoms with Crippen molar-refractivity contribution in [3.05, 3.63) is 0 Å². The van der Waals surface area contributed by atoms with E-state index in [9.17, 15) is 9.59 Å². The van der Waals surface area contributed by atoms with Crippen molar-refractivity contribution >= 4 is 23.5 Å². The molecule has 5 nitrogen and oxygen atoms in total. The number of Topliss-reactive ketones (excluding diaryl/α,β-unsaturated/α-hetero) is 1. The third-order valence-electron chi connectivity index (χ3n) is 2.67. The maximum Gasteiger partial charge on any atom is 0.302 e. The molecule has 0 aromatic rings. The van der Waals surface area contributed by atoms with Crippen molar-refractivity contribution in [2.45, 2.75) is 32.0 Å². The summed E-state index contributed by atoms with van der Waals surface area (Å²) >= 11 is 1.40. The number of rotatable bonds is 6. The number of aliphatic hydroxyl groups is 2. The summed E-state index contributed by atoms with van der Waals surface area (Å²) in [6, 6.07) is 0. The Labute approximate surface area is 105 Å². The van der Waals surface area contributed by atoms with E-state index >= 15 is 0 Å². The molecule has 17 heavy (non-hydrogen) atoms. The minimum atomic E-state index is -0.760. The summed E-state index contributed by atoms with van der Waals surface area (Å²) < 4.78 is 5.09. The fraction of sp³-hybridized carbons (Fsp3) is 0.818. The Morgan fingerprint density at radius 1 is 1.65 bits per heavy atom. The van der Waals surface area contributed by atoms with E-state index in [2.05, 4.69) is 0 Å². The first-order valence-corrected chi connectivity index (χ1v) is 6.76. The Balaban J connectivity index is 2.37. The number of carbonyl (C=O) groups excluding carboxylic acids is 2. The second kappa shape index (κ2) is 6.98. The Kier molecular flexibility index (Phi) is 5.94. The summed E-state index contributed by atoms with van der Waals surface area (Å²) in [5.41, 5.74) is 0. The number of carbonyl (C=O) groups is 2. The van der Waals surface area contributed by atoms with Crippen molar-refractivity contribution in [3.8, 4) is 0 Å². The number of hydrogen-bond acceptors (Lipinski definition) is 6. The van der Waals surface area contributed by atoms with E-state index < -0.39 is 6.10 Å². The molecule has 0 aromatic carbocycles. The molecule has 1 aliphatic rings. The smallest absolute Gasteiger partial charge is 0.302 e. The summed E-state index contributed by atoms with van der Waals surface area (Å²) in [6.45, 7) is 1.06. The molecule has 1 aliphatic carbocycles. The number of hydrogen-bond donors (Lipinski definition) is 2. The van der Waals surface area contributed by atoms with Crippen molar-refractivity contribution in [2.75, 3.05) is 18.1 Å². The second-order valence-corrected chi connectivity index (χ2v) is 5.21. The van der Waals surface area contributed by atoms with Crippen LogP contribution in [0.1, 0.15) is 19.8 Å². The van der Waals surface area contributed by atoms with Crippen molar-refractivity contribution in [1.29, 1.82) is 0 Å². The average molecular weight is 262 g/mol. The van der Waals surface area contributed by atoms with Gasteiger partial charge in [-0.2, -0.15) is 11.8 Å². The molecule has 0 saturated heterocycles. The third-order valence-corrected chi connectivity index (χ3v) is 3.89. The van der Waals surface area contributed by atoms with E-state index in [-0.39, 0.29) is 30.4 Å². The van der Waals surface area contributed by atoms with Crippen LogP contribution in [0.4, 0.5) is 0 Å². The van der Waals surface area contributed by atoms with Gasteiger partial charge in [0.1, 0.15) is 11.9 Å². The lowest BCUT2D eigenvalue weighted by Crippen LogP contribution is -2.27. The van der Waals surface area contributed by atoms with Crippen LogP contribution < -0.4 is 0 Å². The van der Waals surface area contributed by atoms with Gasteiger partial charge in [-0.3, -0.25) is 9.59 Å². The molecule has 98 valence electrons. The minimum Gasteiger partial charge on any atom is -0.462 e. The highest BCUT2D eigenvalue weighted by Crippen LogP contribution is 2.28. The zero-order valence-electron chi connectivity index (χ0n) is 9.80. The standard InChI is InChI=1S/C11H18O5S/c1-7(13)16-11-3-2-10(15)9(11)6-17-5-8(14)4-12/h8-9,11-12,14H,2-6H2,1H3. The molecule has 0 amide bonds. The van der Waals surface area contributed by atoms with E-state index in [1.165, 1.54) is 18.7 Å². The molecule has 0 aliphatic heterocycles. The van der Waals surface area contributed by atoms with Crippen LogP contribution in [0.15, 0.2) is 0 Å². The van der Waals surface area contributed by atoms with E-state index in [1.807, 2.05) is 0 Å². The predicted molar refractivity (Wildman–Crippen MR) is 63.7 cm³/mol. The number of ketones is 1.